The van der Waals surface area contributed by atoms with Gasteiger partial charge in [-0.05, 0) is 31.0 Å². The van der Waals surface area contributed by atoms with Crippen LogP contribution in [0, 0.1) is 0 Å². The van der Waals surface area contributed by atoms with Gasteiger partial charge in [-0.3, -0.25) is 0 Å². The van der Waals surface area contributed by atoms with E-state index >= 15 is 0 Å². The van der Waals surface area contributed by atoms with Gasteiger partial charge in [0.05, 0.1) is 12.8 Å². The van der Waals surface area contributed by atoms with Crippen LogP contribution in [-0.4, -0.2) is 24.1 Å². The van der Waals surface area contributed by atoms with Crippen LogP contribution < -0.4 is 4.72 Å². The van der Waals surface area contributed by atoms with Gasteiger partial charge in [-0.15, -0.1) is 0 Å². The third-order valence-corrected chi connectivity index (χ3v) is 4.68. The molecular formula is C13H14N2O5S. The third-order valence-electron chi connectivity index (χ3n) is 3.31. The molecule has 0 atom stereocenters. The molecule has 7 nitrogen and oxygen atoms in total. The number of nitrogens with one attached hydrogen (secondary N) is 1. The van der Waals surface area contributed by atoms with Gasteiger partial charge < -0.3 is 14.1 Å². The van der Waals surface area contributed by atoms with Crippen LogP contribution >= 0.6 is 0 Å². The minimum absolute atomic E-state index is 0.00382. The first-order valence-electron chi connectivity index (χ1n) is 6.44. The van der Waals surface area contributed by atoms with Crippen LogP contribution in [0.1, 0.15) is 35.1 Å². The van der Waals surface area contributed by atoms with Crippen molar-refractivity contribution in [1.29, 1.82) is 0 Å². The Bertz CT molecular complexity index is 757. The van der Waals surface area contributed by atoms with E-state index in [0.29, 0.717) is 5.76 Å². The average molecular weight is 310 g/mol. The van der Waals surface area contributed by atoms with Gasteiger partial charge in [0.25, 0.3) is 0 Å². The highest BCUT2D eigenvalue weighted by Gasteiger charge is 2.30. The second-order valence-electron chi connectivity index (χ2n) is 4.91. The molecule has 3 rings (SSSR count). The second-order valence-corrected chi connectivity index (χ2v) is 6.68. The molecule has 2 aromatic heterocycles. The molecule has 1 aliphatic carbocycles. The lowest BCUT2D eigenvalue weighted by atomic mass is 10.4. The molecule has 0 bridgehead atoms. The molecule has 2 heterocycles. The summed E-state index contributed by atoms with van der Waals surface area (Å²) in [7, 11) is -3.77. The van der Waals surface area contributed by atoms with Crippen molar-refractivity contribution in [2.45, 2.75) is 30.3 Å². The van der Waals surface area contributed by atoms with E-state index in [1.807, 2.05) is 0 Å². The summed E-state index contributed by atoms with van der Waals surface area (Å²) in [6, 6.07) is 4.59. The van der Waals surface area contributed by atoms with Crippen molar-refractivity contribution >= 4 is 16.0 Å². The Hall–Kier alpha value is -2.06. The van der Waals surface area contributed by atoms with E-state index < -0.39 is 16.0 Å². The highest BCUT2D eigenvalue weighted by molar-refractivity contribution is 7.89. The van der Waals surface area contributed by atoms with Crippen LogP contribution in [0.4, 0.5) is 0 Å². The Balaban J connectivity index is 1.84. The summed E-state index contributed by atoms with van der Waals surface area (Å²) in [6.07, 6.45) is 4.57. The fraction of sp³-hybridized carbons (Fsp3) is 0.308. The fourth-order valence-electron chi connectivity index (χ4n) is 2.09. The molecule has 0 saturated heterocycles. The maximum Gasteiger partial charge on any atom is 0.352 e. The van der Waals surface area contributed by atoms with Crippen LogP contribution in [0.5, 0.6) is 0 Å². The molecule has 1 aliphatic rings. The van der Waals surface area contributed by atoms with E-state index in [1.165, 1.54) is 23.1 Å². The van der Waals surface area contributed by atoms with Crippen molar-refractivity contribution in [2.75, 3.05) is 0 Å². The third kappa shape index (κ3) is 2.86. The SMILES string of the molecule is O=C(O)c1cc(S(=O)(=O)NCc2ccco2)cn1C1CC1. The number of furan rings is 1. The Morgan fingerprint density at radius 1 is 1.48 bits per heavy atom. The molecule has 1 fully saturated rings. The van der Waals surface area contributed by atoms with Crippen LogP contribution in [0.25, 0.3) is 0 Å². The Kier molecular flexibility index (Phi) is 3.34. The first-order valence-corrected chi connectivity index (χ1v) is 7.93. The summed E-state index contributed by atoms with van der Waals surface area (Å²) in [5.41, 5.74) is -0.00382. The van der Waals surface area contributed by atoms with Gasteiger partial charge in [0.1, 0.15) is 16.3 Å². The minimum atomic E-state index is -3.77. The lowest BCUT2D eigenvalue weighted by molar-refractivity contribution is 0.0685. The van der Waals surface area contributed by atoms with Crippen LogP contribution in [0.3, 0.4) is 0 Å². The minimum Gasteiger partial charge on any atom is -0.477 e. The van der Waals surface area contributed by atoms with Gasteiger partial charge in [0, 0.05) is 12.2 Å². The molecular weight excluding hydrogens is 296 g/mol. The van der Waals surface area contributed by atoms with Gasteiger partial charge in [-0.25, -0.2) is 17.9 Å². The van der Waals surface area contributed by atoms with Gasteiger partial charge in [-0.2, -0.15) is 0 Å². The Labute approximate surface area is 121 Å². The van der Waals surface area contributed by atoms with Crippen molar-refractivity contribution in [1.82, 2.24) is 9.29 Å². The molecule has 112 valence electrons. The molecule has 0 amide bonds. The quantitative estimate of drug-likeness (QED) is 0.843. The molecule has 0 radical (unpaired) electrons. The largest absolute Gasteiger partial charge is 0.477 e. The van der Waals surface area contributed by atoms with E-state index in [9.17, 15) is 13.2 Å². The maximum atomic E-state index is 12.2. The smallest absolute Gasteiger partial charge is 0.352 e. The fourth-order valence-corrected chi connectivity index (χ4v) is 3.11. The van der Waals surface area contributed by atoms with E-state index in [-0.39, 0.29) is 23.2 Å². The summed E-state index contributed by atoms with van der Waals surface area (Å²) in [5.74, 6) is -0.645. The molecule has 0 aliphatic heterocycles. The van der Waals surface area contributed by atoms with Gasteiger partial charge >= 0.3 is 5.97 Å². The average Bonchev–Trinajstić information content (AvgIpc) is 2.97. The lowest BCUT2D eigenvalue weighted by Crippen LogP contribution is -2.22. The predicted molar refractivity (Wildman–Crippen MR) is 72.4 cm³/mol. The topological polar surface area (TPSA) is 102 Å². The lowest BCUT2D eigenvalue weighted by Gasteiger charge is -2.03. The van der Waals surface area contributed by atoms with Crippen LogP contribution in [0.2, 0.25) is 0 Å². The summed E-state index contributed by atoms with van der Waals surface area (Å²) in [5, 5.41) is 9.15. The normalized spacial score (nSPS) is 15.2. The monoisotopic (exact) mass is 310 g/mol. The van der Waals surface area contributed by atoms with E-state index in [1.54, 1.807) is 12.1 Å². The van der Waals surface area contributed by atoms with Gasteiger partial charge in [0.2, 0.25) is 10.0 Å². The zero-order chi connectivity index (χ0) is 15.0. The van der Waals surface area contributed by atoms with E-state index in [0.717, 1.165) is 12.8 Å². The zero-order valence-electron chi connectivity index (χ0n) is 11.0. The number of carbonyl (C=O) groups is 1. The summed E-state index contributed by atoms with van der Waals surface area (Å²) in [4.78, 5) is 11.1. The Morgan fingerprint density at radius 3 is 2.81 bits per heavy atom. The highest BCUT2D eigenvalue weighted by Crippen LogP contribution is 2.37. The van der Waals surface area contributed by atoms with Crippen molar-refractivity contribution in [3.8, 4) is 0 Å². The van der Waals surface area contributed by atoms with E-state index in [4.69, 9.17) is 9.52 Å². The first kappa shape index (κ1) is 13.9. The number of aromatic nitrogens is 1. The summed E-state index contributed by atoms with van der Waals surface area (Å²) < 4.78 is 33.4. The second kappa shape index (κ2) is 5.05. The standard InChI is InChI=1S/C13H14N2O5S/c16-13(17)12-6-11(8-15(12)9-3-4-9)21(18,19)14-7-10-2-1-5-20-10/h1-2,5-6,8-9,14H,3-4,7H2,(H,16,17). The molecule has 0 unspecified atom stereocenters. The number of hydrogen-bond acceptors (Lipinski definition) is 4. The molecule has 21 heavy (non-hydrogen) atoms. The molecule has 2 N–H and O–H groups in total. The Morgan fingerprint density at radius 2 is 2.24 bits per heavy atom. The van der Waals surface area contributed by atoms with Crippen LogP contribution in [0.15, 0.2) is 40.0 Å². The van der Waals surface area contributed by atoms with Crippen molar-refractivity contribution in [3.63, 3.8) is 0 Å². The maximum absolute atomic E-state index is 12.2. The predicted octanol–water partition coefficient (Wildman–Crippen LogP) is 1.59. The number of nitrogens with zero attached hydrogens (tertiary/aromatic N) is 1. The number of sulfonamides is 1. The number of aromatic carboxylic acids is 1. The van der Waals surface area contributed by atoms with Crippen LogP contribution in [-0.2, 0) is 16.6 Å². The molecule has 0 spiro atoms. The van der Waals surface area contributed by atoms with E-state index in [2.05, 4.69) is 4.72 Å². The van der Waals surface area contributed by atoms with Crippen molar-refractivity contribution in [2.24, 2.45) is 0 Å². The van der Waals surface area contributed by atoms with Gasteiger partial charge in [0.15, 0.2) is 0 Å². The number of carboxylic acid groups (broad SMARTS) is 1. The van der Waals surface area contributed by atoms with Crippen molar-refractivity contribution < 1.29 is 22.7 Å². The molecule has 0 aromatic carbocycles. The molecule has 8 heteroatoms. The molecule has 1 saturated carbocycles. The summed E-state index contributed by atoms with van der Waals surface area (Å²) >= 11 is 0. The molecule has 2 aromatic rings. The van der Waals surface area contributed by atoms with Crippen molar-refractivity contribution in [3.05, 3.63) is 42.1 Å². The summed E-state index contributed by atoms with van der Waals surface area (Å²) in [6.45, 7) is 0.0202. The number of carboxylic acids is 1. The number of hydrogen-bond donors (Lipinski definition) is 2. The highest BCUT2D eigenvalue weighted by atomic mass is 32.2. The first-order chi connectivity index (χ1) is 9.97. The van der Waals surface area contributed by atoms with Gasteiger partial charge in [-0.1, -0.05) is 0 Å². The zero-order valence-corrected chi connectivity index (χ0v) is 11.8. The number of rotatable bonds is 6.